The fourth-order valence-corrected chi connectivity index (χ4v) is 2.69. The number of alkyl halides is 2. The molecule has 1 fully saturated rings. The van der Waals surface area contributed by atoms with Gasteiger partial charge in [0.15, 0.2) is 17.3 Å². The highest BCUT2D eigenvalue weighted by atomic mass is 19.3. The number of halogens is 2. The summed E-state index contributed by atoms with van der Waals surface area (Å²) in [5.41, 5.74) is 0.722. The van der Waals surface area contributed by atoms with Crippen LogP contribution >= 0.6 is 0 Å². The predicted molar refractivity (Wildman–Crippen MR) is 91.1 cm³/mol. The Morgan fingerprint density at radius 3 is 2.92 bits per heavy atom. The number of piperazine rings is 1. The SMILES string of the molecule is COc1cc(/C=C/c2nc(C3CNCCN3C)no2)ccc1OC(F)F. The van der Waals surface area contributed by atoms with E-state index in [1.807, 2.05) is 7.05 Å². The van der Waals surface area contributed by atoms with Gasteiger partial charge in [0.25, 0.3) is 5.89 Å². The zero-order valence-corrected chi connectivity index (χ0v) is 14.5. The number of hydrogen-bond acceptors (Lipinski definition) is 7. The molecule has 7 nitrogen and oxygen atoms in total. The zero-order chi connectivity index (χ0) is 18.5. The summed E-state index contributed by atoms with van der Waals surface area (Å²) >= 11 is 0. The van der Waals surface area contributed by atoms with Crippen molar-refractivity contribution < 1.29 is 22.8 Å². The van der Waals surface area contributed by atoms with Crippen molar-refractivity contribution in [1.29, 1.82) is 0 Å². The number of nitrogens with one attached hydrogen (secondary N) is 1. The molecule has 1 atom stereocenters. The second kappa shape index (κ2) is 8.24. The van der Waals surface area contributed by atoms with Crippen molar-refractivity contribution in [2.24, 2.45) is 0 Å². The molecule has 3 rings (SSSR count). The van der Waals surface area contributed by atoms with Crippen molar-refractivity contribution in [1.82, 2.24) is 20.4 Å². The smallest absolute Gasteiger partial charge is 0.387 e. The molecule has 1 N–H and O–H groups in total. The fourth-order valence-electron chi connectivity index (χ4n) is 2.69. The Balaban J connectivity index is 1.72. The topological polar surface area (TPSA) is 72.7 Å². The normalized spacial score (nSPS) is 18.6. The molecule has 0 bridgehead atoms. The third-order valence-corrected chi connectivity index (χ3v) is 4.09. The first-order valence-electron chi connectivity index (χ1n) is 8.12. The molecular formula is C17H20F2N4O3. The Kier molecular flexibility index (Phi) is 5.79. The lowest BCUT2D eigenvalue weighted by molar-refractivity contribution is -0.0512. The molecule has 26 heavy (non-hydrogen) atoms. The van der Waals surface area contributed by atoms with E-state index in [9.17, 15) is 8.78 Å². The largest absolute Gasteiger partial charge is 0.493 e. The summed E-state index contributed by atoms with van der Waals surface area (Å²) in [4.78, 5) is 6.57. The first-order valence-corrected chi connectivity index (χ1v) is 8.12. The summed E-state index contributed by atoms with van der Waals surface area (Å²) in [6.45, 7) is -0.293. The number of benzene rings is 1. The van der Waals surface area contributed by atoms with Crippen LogP contribution in [0.4, 0.5) is 8.78 Å². The molecule has 1 saturated heterocycles. The summed E-state index contributed by atoms with van der Waals surface area (Å²) in [6.07, 6.45) is 3.39. The number of hydrogen-bond donors (Lipinski definition) is 1. The van der Waals surface area contributed by atoms with Gasteiger partial charge < -0.3 is 19.3 Å². The van der Waals surface area contributed by atoms with Crippen LogP contribution in [0.1, 0.15) is 23.3 Å². The van der Waals surface area contributed by atoms with E-state index in [-0.39, 0.29) is 17.5 Å². The number of methoxy groups -OCH3 is 1. The highest BCUT2D eigenvalue weighted by Crippen LogP contribution is 2.30. The molecule has 0 spiro atoms. The van der Waals surface area contributed by atoms with E-state index in [0.29, 0.717) is 11.7 Å². The van der Waals surface area contributed by atoms with Gasteiger partial charge in [0.1, 0.15) is 0 Å². The van der Waals surface area contributed by atoms with Gasteiger partial charge >= 0.3 is 6.61 Å². The van der Waals surface area contributed by atoms with E-state index < -0.39 is 6.61 Å². The lowest BCUT2D eigenvalue weighted by Gasteiger charge is -2.30. The van der Waals surface area contributed by atoms with Crippen molar-refractivity contribution in [3.8, 4) is 11.5 Å². The average molecular weight is 366 g/mol. The molecule has 9 heteroatoms. The molecule has 1 aromatic carbocycles. The molecule has 1 aromatic heterocycles. The van der Waals surface area contributed by atoms with Crippen molar-refractivity contribution in [2.45, 2.75) is 12.7 Å². The lowest BCUT2D eigenvalue weighted by Crippen LogP contribution is -2.44. The number of ether oxygens (including phenoxy) is 2. The van der Waals surface area contributed by atoms with E-state index in [2.05, 4.69) is 25.1 Å². The highest BCUT2D eigenvalue weighted by molar-refractivity contribution is 5.67. The maximum absolute atomic E-state index is 12.4. The number of likely N-dealkylation sites (N-methyl/N-ethyl adjacent to an activating group) is 1. The standard InChI is InChI=1S/C17H20F2N4O3/c1-23-8-7-20-10-12(23)16-21-15(26-22-16)6-4-11-3-5-13(25-17(18)19)14(9-11)24-2/h3-6,9,12,17,20H,7-8,10H2,1-2H3/b6-4+. The lowest BCUT2D eigenvalue weighted by atomic mass is 10.2. The van der Waals surface area contributed by atoms with Gasteiger partial charge in [0.2, 0.25) is 0 Å². The maximum atomic E-state index is 12.4. The fraction of sp³-hybridized carbons (Fsp3) is 0.412. The highest BCUT2D eigenvalue weighted by Gasteiger charge is 2.24. The van der Waals surface area contributed by atoms with Crippen molar-refractivity contribution in [3.05, 3.63) is 35.5 Å². The molecule has 2 aromatic rings. The van der Waals surface area contributed by atoms with Gasteiger partial charge in [-0.1, -0.05) is 11.2 Å². The Morgan fingerprint density at radius 2 is 2.19 bits per heavy atom. The van der Waals surface area contributed by atoms with Crippen LogP contribution in [0, 0.1) is 0 Å². The molecule has 1 aliphatic heterocycles. The van der Waals surface area contributed by atoms with E-state index in [0.717, 1.165) is 25.2 Å². The monoisotopic (exact) mass is 366 g/mol. The predicted octanol–water partition coefficient (Wildman–Crippen LogP) is 2.43. The van der Waals surface area contributed by atoms with Gasteiger partial charge in [0, 0.05) is 25.7 Å². The minimum absolute atomic E-state index is 0.0208. The third-order valence-electron chi connectivity index (χ3n) is 4.09. The van der Waals surface area contributed by atoms with Crippen molar-refractivity contribution in [3.63, 3.8) is 0 Å². The quantitative estimate of drug-likeness (QED) is 0.842. The average Bonchev–Trinajstić information content (AvgIpc) is 3.09. The zero-order valence-electron chi connectivity index (χ0n) is 14.5. The second-order valence-corrected chi connectivity index (χ2v) is 5.81. The van der Waals surface area contributed by atoms with Gasteiger partial charge in [0.05, 0.1) is 13.2 Å². The van der Waals surface area contributed by atoms with Crippen LogP contribution < -0.4 is 14.8 Å². The van der Waals surface area contributed by atoms with Gasteiger partial charge in [-0.2, -0.15) is 13.8 Å². The van der Waals surface area contributed by atoms with Crippen LogP contribution in [0.5, 0.6) is 11.5 Å². The molecule has 0 amide bonds. The van der Waals surface area contributed by atoms with Crippen LogP contribution in [0.15, 0.2) is 22.7 Å². The van der Waals surface area contributed by atoms with Crippen molar-refractivity contribution >= 4 is 12.2 Å². The van der Waals surface area contributed by atoms with Crippen LogP contribution in [0.25, 0.3) is 12.2 Å². The molecule has 0 saturated carbocycles. The van der Waals surface area contributed by atoms with E-state index in [1.54, 1.807) is 24.3 Å². The van der Waals surface area contributed by atoms with Gasteiger partial charge in [-0.25, -0.2) is 0 Å². The molecular weight excluding hydrogens is 346 g/mol. The van der Waals surface area contributed by atoms with Crippen LogP contribution in [-0.2, 0) is 0 Å². The number of rotatable bonds is 6. The van der Waals surface area contributed by atoms with Crippen molar-refractivity contribution in [2.75, 3.05) is 33.8 Å². The van der Waals surface area contributed by atoms with Gasteiger partial charge in [-0.05, 0) is 30.8 Å². The van der Waals surface area contributed by atoms with Crippen LogP contribution in [0.3, 0.4) is 0 Å². The molecule has 2 heterocycles. The second-order valence-electron chi connectivity index (χ2n) is 5.81. The summed E-state index contributed by atoms with van der Waals surface area (Å²) in [5.74, 6) is 1.18. The summed E-state index contributed by atoms with van der Waals surface area (Å²) in [6, 6.07) is 4.71. The summed E-state index contributed by atoms with van der Waals surface area (Å²) in [7, 11) is 3.41. The molecule has 0 aliphatic carbocycles. The number of nitrogens with zero attached hydrogens (tertiary/aromatic N) is 3. The molecule has 0 radical (unpaired) electrons. The van der Waals surface area contributed by atoms with Crippen LogP contribution in [0.2, 0.25) is 0 Å². The first-order chi connectivity index (χ1) is 12.6. The Labute approximate surface area is 149 Å². The Bertz CT molecular complexity index is 766. The first kappa shape index (κ1) is 18.3. The molecule has 1 aliphatic rings. The molecule has 1 unspecified atom stereocenters. The third kappa shape index (κ3) is 4.36. The van der Waals surface area contributed by atoms with Gasteiger partial charge in [-0.3, -0.25) is 4.90 Å². The summed E-state index contributed by atoms with van der Waals surface area (Å²) < 4.78 is 39.5. The number of aromatic nitrogens is 2. The van der Waals surface area contributed by atoms with E-state index in [1.165, 1.54) is 13.2 Å². The maximum Gasteiger partial charge on any atom is 0.387 e. The Morgan fingerprint density at radius 1 is 1.35 bits per heavy atom. The molecule has 140 valence electrons. The van der Waals surface area contributed by atoms with E-state index >= 15 is 0 Å². The van der Waals surface area contributed by atoms with Gasteiger partial charge in [-0.15, -0.1) is 0 Å². The minimum Gasteiger partial charge on any atom is -0.493 e. The summed E-state index contributed by atoms with van der Waals surface area (Å²) in [5, 5.41) is 7.34. The Hall–Kier alpha value is -2.52. The van der Waals surface area contributed by atoms with Crippen LogP contribution in [-0.4, -0.2) is 55.4 Å². The minimum atomic E-state index is -2.91. The van der Waals surface area contributed by atoms with E-state index in [4.69, 9.17) is 9.26 Å².